The number of terminal acetylenes is 1. The molecule has 2 saturated carbocycles. The maximum atomic E-state index is 12.1. The zero-order valence-electron chi connectivity index (χ0n) is 23.3. The summed E-state index contributed by atoms with van der Waals surface area (Å²) in [7, 11) is 4.15. The van der Waals surface area contributed by atoms with Gasteiger partial charge < -0.3 is 10.0 Å². The predicted octanol–water partition coefficient (Wildman–Crippen LogP) is 6.55. The number of carbonyl (C=O) groups is 1. The van der Waals surface area contributed by atoms with Crippen molar-refractivity contribution in [1.29, 1.82) is 5.26 Å². The second-order valence-corrected chi connectivity index (χ2v) is 12.0. The van der Waals surface area contributed by atoms with Crippen LogP contribution in [0.4, 0.5) is 5.69 Å². The Labute approximate surface area is 233 Å². The van der Waals surface area contributed by atoms with Crippen molar-refractivity contribution < 1.29 is 9.90 Å². The number of nitriles is 1. The molecular formula is C35H38N2O2. The first-order valence-corrected chi connectivity index (χ1v) is 14.1. The molecular weight excluding hydrogens is 480 g/mol. The molecule has 2 aromatic carbocycles. The molecule has 4 nitrogen and oxygen atoms in total. The third kappa shape index (κ3) is 5.07. The van der Waals surface area contributed by atoms with Crippen molar-refractivity contribution in [3.8, 4) is 18.4 Å². The highest BCUT2D eigenvalue weighted by Gasteiger charge is 2.56. The molecule has 0 bridgehead atoms. The Balaban J connectivity index is 0.000000261. The van der Waals surface area contributed by atoms with E-state index < -0.39 is 0 Å². The molecule has 0 heterocycles. The highest BCUT2D eigenvalue weighted by Crippen LogP contribution is 2.63. The number of aliphatic hydroxyl groups excluding tert-OH is 1. The number of benzene rings is 2. The fourth-order valence-electron chi connectivity index (χ4n) is 7.58. The molecule has 0 aliphatic heterocycles. The lowest BCUT2D eigenvalue weighted by molar-refractivity contribution is -0.114. The number of rotatable bonds is 2. The summed E-state index contributed by atoms with van der Waals surface area (Å²) >= 11 is 0. The summed E-state index contributed by atoms with van der Waals surface area (Å²) in [6.07, 6.45) is 13.7. The lowest BCUT2D eigenvalue weighted by Crippen LogP contribution is -2.45. The minimum atomic E-state index is -0.188. The van der Waals surface area contributed by atoms with E-state index in [9.17, 15) is 9.90 Å². The predicted molar refractivity (Wildman–Crippen MR) is 156 cm³/mol. The Kier molecular flexibility index (Phi) is 7.53. The van der Waals surface area contributed by atoms with Gasteiger partial charge in [0.15, 0.2) is 5.78 Å². The van der Waals surface area contributed by atoms with Gasteiger partial charge >= 0.3 is 0 Å². The summed E-state index contributed by atoms with van der Waals surface area (Å²) in [5, 5.41) is 19.3. The molecule has 4 aliphatic rings. The maximum Gasteiger partial charge on any atom is 0.156 e. The molecule has 0 amide bonds. The zero-order valence-corrected chi connectivity index (χ0v) is 23.3. The fraction of sp³-hybridized carbons (Fsp3) is 0.429. The molecule has 1 N–H and O–H groups in total. The zero-order chi connectivity index (χ0) is 27.7. The molecule has 0 radical (unpaired) electrons. The summed E-state index contributed by atoms with van der Waals surface area (Å²) in [5.41, 5.74) is 8.46. The molecule has 39 heavy (non-hydrogen) atoms. The lowest BCUT2D eigenvalue weighted by atomic mass is 9.53. The number of fused-ring (bicyclic) bond motifs is 4. The quantitative estimate of drug-likeness (QED) is 0.458. The first-order chi connectivity index (χ1) is 18.7. The van der Waals surface area contributed by atoms with Crippen molar-refractivity contribution in [2.75, 3.05) is 19.0 Å². The minimum absolute atomic E-state index is 0.00527. The number of nitrogens with zero attached hydrogens (tertiary/aromatic N) is 2. The van der Waals surface area contributed by atoms with Crippen LogP contribution in [0.2, 0.25) is 0 Å². The molecule has 5 atom stereocenters. The van der Waals surface area contributed by atoms with Crippen LogP contribution in [0.5, 0.6) is 0 Å². The number of ketones is 1. The van der Waals surface area contributed by atoms with Gasteiger partial charge in [0, 0.05) is 37.7 Å². The summed E-state index contributed by atoms with van der Waals surface area (Å²) in [6, 6.07) is 17.9. The summed E-state index contributed by atoms with van der Waals surface area (Å²) in [6.45, 7) is 2.34. The molecule has 0 saturated heterocycles. The molecule has 6 rings (SSSR count). The van der Waals surface area contributed by atoms with Crippen LogP contribution in [-0.4, -0.2) is 31.1 Å². The van der Waals surface area contributed by atoms with Crippen LogP contribution in [0.3, 0.4) is 0 Å². The Bertz CT molecular complexity index is 1350. The van der Waals surface area contributed by atoms with Crippen molar-refractivity contribution in [3.63, 3.8) is 0 Å². The van der Waals surface area contributed by atoms with Gasteiger partial charge in [-0.05, 0) is 115 Å². The summed E-state index contributed by atoms with van der Waals surface area (Å²) in [5.74, 6) is 4.27. The second-order valence-electron chi connectivity index (χ2n) is 12.0. The van der Waals surface area contributed by atoms with Gasteiger partial charge in [-0.1, -0.05) is 30.6 Å². The van der Waals surface area contributed by atoms with Gasteiger partial charge in [0.25, 0.3) is 0 Å². The van der Waals surface area contributed by atoms with Gasteiger partial charge in [0.2, 0.25) is 0 Å². The molecule has 0 spiro atoms. The van der Waals surface area contributed by atoms with Crippen LogP contribution in [0.1, 0.15) is 74.5 Å². The van der Waals surface area contributed by atoms with Crippen molar-refractivity contribution >= 4 is 11.5 Å². The van der Waals surface area contributed by atoms with Gasteiger partial charge in [-0.25, -0.2) is 0 Å². The van der Waals surface area contributed by atoms with Gasteiger partial charge in [-0.3, -0.25) is 4.79 Å². The highest BCUT2D eigenvalue weighted by atomic mass is 16.3. The van der Waals surface area contributed by atoms with E-state index in [1.807, 2.05) is 12.1 Å². The smallest absolute Gasteiger partial charge is 0.156 e. The van der Waals surface area contributed by atoms with Crippen LogP contribution in [0.25, 0.3) is 0 Å². The van der Waals surface area contributed by atoms with E-state index in [1.165, 1.54) is 22.4 Å². The van der Waals surface area contributed by atoms with Gasteiger partial charge in [0.05, 0.1) is 17.7 Å². The number of anilines is 1. The maximum absolute atomic E-state index is 12.1. The third-order valence-electron chi connectivity index (χ3n) is 9.67. The minimum Gasteiger partial charge on any atom is -0.393 e. The van der Waals surface area contributed by atoms with E-state index in [2.05, 4.69) is 56.1 Å². The van der Waals surface area contributed by atoms with E-state index >= 15 is 0 Å². The molecule has 0 aromatic heterocycles. The number of hydrogen-bond donors (Lipinski definition) is 1. The Morgan fingerprint density at radius 3 is 2.31 bits per heavy atom. The molecule has 200 valence electrons. The van der Waals surface area contributed by atoms with Gasteiger partial charge in [0.1, 0.15) is 0 Å². The highest BCUT2D eigenvalue weighted by molar-refractivity contribution is 5.93. The fourth-order valence-corrected chi connectivity index (χ4v) is 7.58. The van der Waals surface area contributed by atoms with Crippen molar-refractivity contribution in [1.82, 2.24) is 0 Å². The summed E-state index contributed by atoms with van der Waals surface area (Å²) < 4.78 is 0. The lowest BCUT2D eigenvalue weighted by Gasteiger charge is -2.52. The Hall–Kier alpha value is -3.60. The van der Waals surface area contributed by atoms with Gasteiger partial charge in [-0.15, -0.1) is 6.42 Å². The monoisotopic (exact) mass is 518 g/mol. The summed E-state index contributed by atoms with van der Waals surface area (Å²) in [4.78, 5) is 14.2. The molecule has 2 fully saturated rings. The van der Waals surface area contributed by atoms with Crippen molar-refractivity contribution in [3.05, 3.63) is 88.0 Å². The number of carbonyl (C=O) groups excluding carboxylic acids is 1. The van der Waals surface area contributed by atoms with E-state index in [0.29, 0.717) is 35.5 Å². The van der Waals surface area contributed by atoms with E-state index in [-0.39, 0.29) is 11.5 Å². The van der Waals surface area contributed by atoms with Crippen LogP contribution in [-0.2, 0) is 4.79 Å². The number of allylic oxidation sites excluding steroid dienone is 4. The number of aliphatic hydroxyl groups is 1. The van der Waals surface area contributed by atoms with Crippen LogP contribution in [0.15, 0.2) is 71.3 Å². The second kappa shape index (κ2) is 10.9. The normalized spacial score (nSPS) is 29.0. The SMILES string of the molecule is C#Cc1ccc(C#N)cc1.CN(C)c1ccc(C2CC3(C)C(O)CCC3C3CCC4=CC(=O)CCC4=C23)cc1. The van der Waals surface area contributed by atoms with E-state index in [0.717, 1.165) is 44.1 Å². The third-order valence-corrected chi connectivity index (χ3v) is 9.67. The molecule has 2 aromatic rings. The van der Waals surface area contributed by atoms with E-state index in [4.69, 9.17) is 11.7 Å². The van der Waals surface area contributed by atoms with Gasteiger partial charge in [-0.2, -0.15) is 5.26 Å². The van der Waals surface area contributed by atoms with E-state index in [1.54, 1.807) is 29.8 Å². The largest absolute Gasteiger partial charge is 0.393 e. The first-order valence-electron chi connectivity index (χ1n) is 14.1. The average molecular weight is 519 g/mol. The molecule has 4 aliphatic carbocycles. The van der Waals surface area contributed by atoms with Crippen molar-refractivity contribution in [2.45, 2.75) is 63.9 Å². The molecule has 4 heteroatoms. The first kappa shape index (κ1) is 27.0. The Morgan fingerprint density at radius 1 is 0.974 bits per heavy atom. The van der Waals surface area contributed by atoms with Crippen molar-refractivity contribution in [2.24, 2.45) is 17.3 Å². The van der Waals surface area contributed by atoms with Crippen LogP contribution < -0.4 is 4.90 Å². The average Bonchev–Trinajstić information content (AvgIpc) is 3.26. The number of hydrogen-bond acceptors (Lipinski definition) is 4. The molecule has 5 unspecified atom stereocenters. The Morgan fingerprint density at radius 2 is 1.67 bits per heavy atom. The topological polar surface area (TPSA) is 64.3 Å². The standard InChI is InChI=1S/C26H33NO2.C9H5N/c1-26-15-22(16-4-7-18(8-5-16)27(2)3)25-20-11-9-19(28)14-17(20)6-10-21(25)23(26)12-13-24(26)29;1-2-8-3-5-9(7-10)6-4-8/h4-5,7-8,14,21-24,29H,6,9-13,15H2,1-3H3;1,3-6H. The van der Waals surface area contributed by atoms with Crippen LogP contribution in [0, 0.1) is 40.9 Å². The van der Waals surface area contributed by atoms with Crippen LogP contribution >= 0.6 is 0 Å².